The van der Waals surface area contributed by atoms with Crippen molar-refractivity contribution in [2.24, 2.45) is 23.7 Å². The molecule has 1 saturated heterocycles. The lowest BCUT2D eigenvalue weighted by Gasteiger charge is -2.58. The second kappa shape index (κ2) is 11.2. The van der Waals surface area contributed by atoms with E-state index in [9.17, 15) is 10.1 Å². The number of benzene rings is 1. The molecule has 5 unspecified atom stereocenters. The van der Waals surface area contributed by atoms with Crippen molar-refractivity contribution >= 4 is 36.0 Å². The molecule has 5 atom stereocenters. The third kappa shape index (κ3) is 4.94. The number of carbonyl (C=O) groups excluding carboxylic acids is 1. The molecule has 1 amide bonds. The summed E-state index contributed by atoms with van der Waals surface area (Å²) in [5.41, 5.74) is 7.50. The van der Waals surface area contributed by atoms with E-state index in [4.69, 9.17) is 18.4 Å². The number of nitrogens with two attached hydrogens (primary N) is 1. The second-order valence-corrected chi connectivity index (χ2v) is 11.2. The summed E-state index contributed by atoms with van der Waals surface area (Å²) >= 11 is 5.23. The number of aromatic nitrogens is 2. The van der Waals surface area contributed by atoms with E-state index in [0.29, 0.717) is 30.2 Å². The van der Waals surface area contributed by atoms with Gasteiger partial charge >= 0.3 is 0 Å². The highest BCUT2D eigenvalue weighted by atomic mass is 32.1. The monoisotopic (exact) mass is 546 g/mol. The van der Waals surface area contributed by atoms with Crippen molar-refractivity contribution < 1.29 is 9.18 Å². The summed E-state index contributed by atoms with van der Waals surface area (Å²) < 4.78 is 15.7. The number of nitriles is 1. The minimum atomic E-state index is -1.05. The van der Waals surface area contributed by atoms with Crippen LogP contribution in [0.3, 0.4) is 0 Å². The molecular weight excluding hydrogens is 511 g/mol. The maximum absolute atomic E-state index is 15.7. The molecule has 2 aliphatic heterocycles. The number of para-hydroxylation sites is 1. The first kappa shape index (κ1) is 28.4. The van der Waals surface area contributed by atoms with Gasteiger partial charge in [0.25, 0.3) is 5.91 Å². The topological polar surface area (TPSA) is 99.1 Å². The van der Waals surface area contributed by atoms with Crippen molar-refractivity contribution in [2.75, 3.05) is 22.1 Å². The summed E-state index contributed by atoms with van der Waals surface area (Å²) in [4.78, 5) is 25.3. The van der Waals surface area contributed by atoms with Crippen LogP contribution in [0.2, 0.25) is 0 Å². The largest absolute Gasteiger partial charge is 0.368 e. The molecule has 7 nitrogen and oxygen atoms in total. The van der Waals surface area contributed by atoms with E-state index in [1.54, 1.807) is 17.9 Å². The first-order chi connectivity index (χ1) is 18.6. The number of nitrogen functional groups attached to an aromatic ring is 1. The van der Waals surface area contributed by atoms with E-state index in [0.717, 1.165) is 0 Å². The molecule has 9 heteroatoms. The van der Waals surface area contributed by atoms with Crippen molar-refractivity contribution in [1.82, 2.24) is 9.97 Å². The predicted molar refractivity (Wildman–Crippen MR) is 156 cm³/mol. The van der Waals surface area contributed by atoms with Gasteiger partial charge in [-0.25, -0.2) is 9.37 Å². The van der Waals surface area contributed by atoms with Gasteiger partial charge < -0.3 is 10.6 Å². The molecule has 3 heterocycles. The maximum Gasteiger partial charge on any atom is 0.261 e. The van der Waals surface area contributed by atoms with Crippen LogP contribution in [0.1, 0.15) is 46.6 Å². The van der Waals surface area contributed by atoms with Gasteiger partial charge in [-0.05, 0) is 49.3 Å². The Balaban J connectivity index is 2.00. The molecule has 0 saturated carbocycles. The van der Waals surface area contributed by atoms with E-state index >= 15 is 4.39 Å². The molecule has 1 aromatic heterocycles. The van der Waals surface area contributed by atoms with Crippen molar-refractivity contribution in [2.45, 2.75) is 45.9 Å². The number of carbonyl (C=O) groups is 1. The number of halogens is 1. The average molecular weight is 547 g/mol. The van der Waals surface area contributed by atoms with Gasteiger partial charge in [0.15, 0.2) is 5.82 Å². The number of allylic oxidation sites excluding steroid dienone is 4. The summed E-state index contributed by atoms with van der Waals surface area (Å²) in [6.07, 6.45) is 7.04. The van der Waals surface area contributed by atoms with E-state index in [2.05, 4.69) is 29.9 Å². The summed E-state index contributed by atoms with van der Waals surface area (Å²) in [7, 11) is 0. The fourth-order valence-corrected chi connectivity index (χ4v) is 5.94. The third-order valence-corrected chi connectivity index (χ3v) is 9.09. The summed E-state index contributed by atoms with van der Waals surface area (Å²) in [6.45, 7) is 10.4. The van der Waals surface area contributed by atoms with Crippen molar-refractivity contribution in [3.05, 3.63) is 77.4 Å². The fourth-order valence-electron chi connectivity index (χ4n) is 5.49. The molecule has 2 N–H and O–H groups in total. The lowest BCUT2D eigenvalue weighted by molar-refractivity contribution is -0.115. The van der Waals surface area contributed by atoms with Crippen molar-refractivity contribution in [3.8, 4) is 6.07 Å². The van der Waals surface area contributed by atoms with Crippen LogP contribution in [-0.2, 0) is 4.79 Å². The van der Waals surface area contributed by atoms with Crippen LogP contribution in [0.15, 0.2) is 71.9 Å². The van der Waals surface area contributed by atoms with Crippen LogP contribution in [0.5, 0.6) is 0 Å². The lowest BCUT2D eigenvalue weighted by atomic mass is 9.79. The van der Waals surface area contributed by atoms with Crippen LogP contribution in [0, 0.1) is 35.0 Å². The van der Waals surface area contributed by atoms with Gasteiger partial charge in [-0.2, -0.15) is 10.2 Å². The molecule has 2 aliphatic rings. The Morgan fingerprint density at radius 1 is 1.26 bits per heavy atom. The SMILES string of the molecule is CC=CC(F)=C1C(=O)N(c2ccccc2)C(C2(S)C(C)CN2c2nc(N)ncc2C#N)=CCC(C)C(C)C1C. The number of anilines is 3. The first-order valence-corrected chi connectivity index (χ1v) is 13.7. The Morgan fingerprint density at radius 3 is 2.56 bits per heavy atom. The molecule has 39 heavy (non-hydrogen) atoms. The smallest absolute Gasteiger partial charge is 0.261 e. The van der Waals surface area contributed by atoms with Gasteiger partial charge in [0.2, 0.25) is 5.95 Å². The van der Waals surface area contributed by atoms with Gasteiger partial charge in [0.05, 0.1) is 17.5 Å². The molecule has 0 spiro atoms. The van der Waals surface area contributed by atoms with E-state index in [1.807, 2.05) is 55.2 Å². The molecule has 0 aliphatic carbocycles. The normalized spacial score (nSPS) is 29.2. The standard InChI is InChI=1S/C30H35FN6OS/c1-6-10-24(31)26-21(5)20(4)18(2)13-14-25(37(28(26)38)23-11-8-7-9-12-23)30(39)19(3)17-36(30)27-22(15-32)16-34-29(33)35-27/h6-12,14,16,18-21,39H,13,17H2,1-5H3,(H2,33,34,35). The van der Waals surface area contributed by atoms with E-state index < -0.39 is 16.6 Å². The Hall–Kier alpha value is -3.64. The predicted octanol–water partition coefficient (Wildman–Crippen LogP) is 6.04. The number of nitrogens with zero attached hydrogens (tertiary/aromatic N) is 5. The minimum Gasteiger partial charge on any atom is -0.368 e. The second-order valence-electron chi connectivity index (χ2n) is 10.5. The highest BCUT2D eigenvalue weighted by Crippen LogP contribution is 2.51. The third-order valence-electron chi connectivity index (χ3n) is 8.18. The zero-order chi connectivity index (χ0) is 28.5. The van der Waals surface area contributed by atoms with E-state index in [1.165, 1.54) is 12.3 Å². The molecule has 4 rings (SSSR count). The zero-order valence-corrected chi connectivity index (χ0v) is 23.9. The van der Waals surface area contributed by atoms with Crippen LogP contribution in [0.4, 0.5) is 21.8 Å². The molecule has 0 radical (unpaired) electrons. The van der Waals surface area contributed by atoms with Gasteiger partial charge in [-0.3, -0.25) is 9.69 Å². The summed E-state index contributed by atoms with van der Waals surface area (Å²) in [5.74, 6) is -0.792. The molecule has 204 valence electrons. The lowest BCUT2D eigenvalue weighted by Crippen LogP contribution is -2.67. The zero-order valence-electron chi connectivity index (χ0n) is 23.0. The first-order valence-electron chi connectivity index (χ1n) is 13.2. The van der Waals surface area contributed by atoms with Crippen LogP contribution < -0.4 is 15.5 Å². The van der Waals surface area contributed by atoms with Gasteiger partial charge in [-0.15, -0.1) is 12.6 Å². The maximum atomic E-state index is 15.7. The van der Waals surface area contributed by atoms with Gasteiger partial charge in [0, 0.05) is 18.2 Å². The van der Waals surface area contributed by atoms with Crippen molar-refractivity contribution in [3.63, 3.8) is 0 Å². The molecule has 2 aromatic rings. The number of thiol groups is 1. The average Bonchev–Trinajstić information content (AvgIpc) is 2.96. The van der Waals surface area contributed by atoms with Crippen LogP contribution >= 0.6 is 12.6 Å². The Kier molecular flexibility index (Phi) is 8.17. The molecule has 0 bridgehead atoms. The Bertz CT molecular complexity index is 1380. The quantitative estimate of drug-likeness (QED) is 0.358. The highest BCUT2D eigenvalue weighted by Gasteiger charge is 2.55. The molecular formula is C30H35FN6OS. The molecule has 1 fully saturated rings. The van der Waals surface area contributed by atoms with E-state index in [-0.39, 0.29) is 40.8 Å². The summed E-state index contributed by atoms with van der Waals surface area (Å²) in [5, 5.41) is 9.80. The number of hydrogen-bond acceptors (Lipinski definition) is 7. The number of rotatable bonds is 4. The number of hydrogen-bond donors (Lipinski definition) is 2. The van der Waals surface area contributed by atoms with Gasteiger partial charge in [0.1, 0.15) is 22.3 Å². The highest BCUT2D eigenvalue weighted by molar-refractivity contribution is 7.82. The van der Waals surface area contributed by atoms with Gasteiger partial charge in [-0.1, -0.05) is 58.0 Å². The molecule has 1 aromatic carbocycles. The Labute approximate surface area is 235 Å². The summed E-state index contributed by atoms with van der Waals surface area (Å²) in [6, 6.07) is 11.4. The van der Waals surface area contributed by atoms with Crippen LogP contribution in [0.25, 0.3) is 0 Å². The minimum absolute atomic E-state index is 0.0332. The number of amides is 1. The van der Waals surface area contributed by atoms with Crippen LogP contribution in [-0.4, -0.2) is 27.3 Å². The Morgan fingerprint density at radius 2 is 1.95 bits per heavy atom. The fraction of sp³-hybridized carbons (Fsp3) is 0.400. The van der Waals surface area contributed by atoms with Crippen molar-refractivity contribution in [1.29, 1.82) is 5.26 Å².